The minimum atomic E-state index is -4.73. The molecule has 1 amide bonds. The van der Waals surface area contributed by atoms with E-state index in [1.807, 2.05) is 13.8 Å². The summed E-state index contributed by atoms with van der Waals surface area (Å²) in [6.45, 7) is 6.00. The summed E-state index contributed by atoms with van der Waals surface area (Å²) in [5, 5.41) is 3.20. The third-order valence-corrected chi connectivity index (χ3v) is 5.30. The molecule has 0 spiro atoms. The average Bonchev–Trinajstić information content (AvgIpc) is 2.85. The molecular weight excluding hydrogens is 414 g/mol. The summed E-state index contributed by atoms with van der Waals surface area (Å²) >= 11 is 5.60. The molecule has 1 fully saturated rings. The Balaban J connectivity index is 1.75. The molecule has 1 aromatic heterocycles. The van der Waals surface area contributed by atoms with Crippen LogP contribution in [0.25, 0.3) is 0 Å². The molecule has 1 saturated heterocycles. The molecule has 0 bridgehead atoms. The molecule has 0 unspecified atom stereocenters. The van der Waals surface area contributed by atoms with Gasteiger partial charge in [-0.3, -0.25) is 9.69 Å². The van der Waals surface area contributed by atoms with Crippen LogP contribution in [0.2, 0.25) is 5.02 Å². The van der Waals surface area contributed by atoms with E-state index in [1.165, 1.54) is 4.90 Å². The molecule has 5 nitrogen and oxygen atoms in total. The highest BCUT2D eigenvalue weighted by Crippen LogP contribution is 2.34. The van der Waals surface area contributed by atoms with Gasteiger partial charge in [-0.25, -0.2) is 4.39 Å². The van der Waals surface area contributed by atoms with E-state index in [1.54, 1.807) is 0 Å². The molecule has 1 aliphatic heterocycles. The Morgan fingerprint density at radius 2 is 1.93 bits per heavy atom. The molecule has 2 aromatic rings. The zero-order valence-corrected chi connectivity index (χ0v) is 16.7. The van der Waals surface area contributed by atoms with Crippen molar-refractivity contribution < 1.29 is 26.9 Å². The van der Waals surface area contributed by atoms with Gasteiger partial charge in [0.05, 0.1) is 21.8 Å². The molecule has 29 heavy (non-hydrogen) atoms. The lowest BCUT2D eigenvalue weighted by Crippen LogP contribution is -2.35. The summed E-state index contributed by atoms with van der Waals surface area (Å²) in [5.41, 5.74) is -0.0491. The van der Waals surface area contributed by atoms with Crippen LogP contribution in [0.3, 0.4) is 0 Å². The Morgan fingerprint density at radius 3 is 2.55 bits per heavy atom. The monoisotopic (exact) mass is 433 g/mol. The molecule has 1 aliphatic rings. The third kappa shape index (κ3) is 4.72. The minimum absolute atomic E-state index is 0.259. The van der Waals surface area contributed by atoms with Gasteiger partial charge in [-0.05, 0) is 32.4 Å². The molecule has 0 aliphatic carbocycles. The Bertz CT molecular complexity index is 894. The molecule has 0 saturated carbocycles. The SMILES string of the molecule is Cc1noc(C)c1CN1CCCN(C(=O)c2cc(C(F)(F)F)cc(Cl)c2F)CC1. The molecular formula is C19H20ClF4N3O2. The largest absolute Gasteiger partial charge is 0.416 e. The zero-order chi connectivity index (χ0) is 21.3. The van der Waals surface area contributed by atoms with Crippen LogP contribution < -0.4 is 0 Å². The summed E-state index contributed by atoms with van der Waals surface area (Å²) < 4.78 is 58.5. The molecule has 2 heterocycles. The Kier molecular flexibility index (Phi) is 6.19. The quantitative estimate of drug-likeness (QED) is 0.671. The lowest BCUT2D eigenvalue weighted by molar-refractivity contribution is -0.137. The Morgan fingerprint density at radius 1 is 1.21 bits per heavy atom. The lowest BCUT2D eigenvalue weighted by atomic mass is 10.1. The number of aromatic nitrogens is 1. The zero-order valence-electron chi connectivity index (χ0n) is 15.9. The topological polar surface area (TPSA) is 49.6 Å². The average molecular weight is 434 g/mol. The van der Waals surface area contributed by atoms with Crippen molar-refractivity contribution in [3.63, 3.8) is 0 Å². The molecule has 0 N–H and O–H groups in total. The number of carbonyl (C=O) groups excluding carboxylic acids is 1. The standard InChI is InChI=1S/C19H20ClF4N3O2/c1-11-15(12(2)29-25-11)10-26-4-3-5-27(7-6-26)18(28)14-8-13(19(22,23)24)9-16(20)17(14)21/h8-9H,3-7,10H2,1-2H3. The predicted molar refractivity (Wildman–Crippen MR) is 98.2 cm³/mol. The minimum Gasteiger partial charge on any atom is -0.361 e. The van der Waals surface area contributed by atoms with Crippen molar-refractivity contribution in [2.45, 2.75) is 33.0 Å². The van der Waals surface area contributed by atoms with Crippen LogP contribution in [-0.2, 0) is 12.7 Å². The van der Waals surface area contributed by atoms with E-state index in [0.717, 1.165) is 17.0 Å². The third-order valence-electron chi connectivity index (χ3n) is 5.02. The van der Waals surface area contributed by atoms with Gasteiger partial charge in [0.1, 0.15) is 5.76 Å². The fourth-order valence-electron chi connectivity index (χ4n) is 3.36. The van der Waals surface area contributed by atoms with Gasteiger partial charge in [-0.1, -0.05) is 16.8 Å². The highest BCUT2D eigenvalue weighted by molar-refractivity contribution is 6.31. The number of benzene rings is 1. The van der Waals surface area contributed by atoms with E-state index >= 15 is 0 Å². The number of nitrogens with zero attached hydrogens (tertiary/aromatic N) is 3. The molecule has 3 rings (SSSR count). The van der Waals surface area contributed by atoms with Gasteiger partial charge >= 0.3 is 6.18 Å². The molecule has 10 heteroatoms. The fourth-order valence-corrected chi connectivity index (χ4v) is 3.58. The highest BCUT2D eigenvalue weighted by Gasteiger charge is 2.34. The van der Waals surface area contributed by atoms with Crippen LogP contribution in [0, 0.1) is 19.7 Å². The number of halogens is 5. The lowest BCUT2D eigenvalue weighted by Gasteiger charge is -2.23. The van der Waals surface area contributed by atoms with E-state index in [0.29, 0.717) is 44.7 Å². The molecule has 1 aromatic carbocycles. The van der Waals surface area contributed by atoms with Crippen molar-refractivity contribution in [3.8, 4) is 0 Å². The summed E-state index contributed by atoms with van der Waals surface area (Å²) in [5.74, 6) is -1.21. The molecule has 0 radical (unpaired) electrons. The van der Waals surface area contributed by atoms with E-state index in [-0.39, 0.29) is 6.54 Å². The van der Waals surface area contributed by atoms with Crippen LogP contribution in [-0.4, -0.2) is 47.0 Å². The van der Waals surface area contributed by atoms with Crippen molar-refractivity contribution in [1.82, 2.24) is 15.0 Å². The second-order valence-electron chi connectivity index (χ2n) is 7.04. The van der Waals surface area contributed by atoms with Crippen molar-refractivity contribution >= 4 is 17.5 Å². The van der Waals surface area contributed by atoms with Gasteiger partial charge < -0.3 is 9.42 Å². The number of aryl methyl sites for hydroxylation is 2. The van der Waals surface area contributed by atoms with Gasteiger partial charge in [-0.2, -0.15) is 13.2 Å². The van der Waals surface area contributed by atoms with Crippen molar-refractivity contribution in [1.29, 1.82) is 0 Å². The van der Waals surface area contributed by atoms with Gasteiger partial charge in [0.15, 0.2) is 5.82 Å². The molecule has 0 atom stereocenters. The Hall–Kier alpha value is -2.13. The maximum atomic E-state index is 14.3. The van der Waals surface area contributed by atoms with Crippen molar-refractivity contribution in [3.05, 3.63) is 51.1 Å². The second-order valence-corrected chi connectivity index (χ2v) is 7.45. The van der Waals surface area contributed by atoms with Crippen LogP contribution in [0.5, 0.6) is 0 Å². The van der Waals surface area contributed by atoms with E-state index in [9.17, 15) is 22.4 Å². The van der Waals surface area contributed by atoms with Gasteiger partial charge in [0, 0.05) is 38.3 Å². The van der Waals surface area contributed by atoms with Crippen molar-refractivity contribution in [2.24, 2.45) is 0 Å². The number of carbonyl (C=O) groups is 1. The van der Waals surface area contributed by atoms with Gasteiger partial charge in [0.2, 0.25) is 0 Å². The van der Waals surface area contributed by atoms with Gasteiger partial charge in [-0.15, -0.1) is 0 Å². The summed E-state index contributed by atoms with van der Waals surface area (Å²) in [6.07, 6.45) is -4.13. The van der Waals surface area contributed by atoms with E-state index in [2.05, 4.69) is 10.1 Å². The second kappa shape index (κ2) is 8.31. The smallest absolute Gasteiger partial charge is 0.361 e. The van der Waals surface area contributed by atoms with Crippen LogP contribution in [0.4, 0.5) is 17.6 Å². The fraction of sp³-hybridized carbons (Fsp3) is 0.474. The first-order valence-electron chi connectivity index (χ1n) is 9.07. The first kappa shape index (κ1) is 21.6. The maximum absolute atomic E-state index is 14.3. The first-order valence-corrected chi connectivity index (χ1v) is 9.45. The highest BCUT2D eigenvalue weighted by atomic mass is 35.5. The number of amides is 1. The van der Waals surface area contributed by atoms with Crippen LogP contribution in [0.15, 0.2) is 16.7 Å². The number of alkyl halides is 3. The summed E-state index contributed by atoms with van der Waals surface area (Å²) in [6, 6.07) is 1.01. The van der Waals surface area contributed by atoms with Crippen molar-refractivity contribution in [2.75, 3.05) is 26.2 Å². The molecule has 158 valence electrons. The van der Waals surface area contributed by atoms with Crippen LogP contribution in [0.1, 0.15) is 39.4 Å². The maximum Gasteiger partial charge on any atom is 0.416 e. The van der Waals surface area contributed by atoms with E-state index in [4.69, 9.17) is 16.1 Å². The summed E-state index contributed by atoms with van der Waals surface area (Å²) in [4.78, 5) is 16.2. The Labute approximate surface area is 170 Å². The van der Waals surface area contributed by atoms with Crippen LogP contribution >= 0.6 is 11.6 Å². The number of rotatable bonds is 3. The summed E-state index contributed by atoms with van der Waals surface area (Å²) in [7, 11) is 0. The first-order chi connectivity index (χ1) is 13.6. The van der Waals surface area contributed by atoms with E-state index < -0.39 is 34.1 Å². The normalized spacial score (nSPS) is 16.2. The predicted octanol–water partition coefficient (Wildman–Crippen LogP) is 4.45. The van der Waals surface area contributed by atoms with Gasteiger partial charge in [0.25, 0.3) is 5.91 Å². The number of hydrogen-bond donors (Lipinski definition) is 0. The number of hydrogen-bond acceptors (Lipinski definition) is 4.